The minimum Gasteiger partial charge on any atom is -0.507 e. The van der Waals surface area contributed by atoms with Gasteiger partial charge in [-0.1, -0.05) is 5.16 Å². The standard InChI is InChI=1S/C11H14N2O3/c14-11-7-10(2-1-9(11)8-12-15)13-3-5-16-6-4-13/h1-2,7-8,14-15H,3-6H2/b12-8+. The van der Waals surface area contributed by atoms with Crippen LogP contribution in [0.4, 0.5) is 5.69 Å². The van der Waals surface area contributed by atoms with Crippen LogP contribution < -0.4 is 4.90 Å². The summed E-state index contributed by atoms with van der Waals surface area (Å²) in [5.41, 5.74) is 1.45. The smallest absolute Gasteiger partial charge is 0.126 e. The Morgan fingerprint density at radius 1 is 1.31 bits per heavy atom. The van der Waals surface area contributed by atoms with Crippen molar-refractivity contribution in [3.8, 4) is 5.75 Å². The molecule has 0 aromatic heterocycles. The van der Waals surface area contributed by atoms with Gasteiger partial charge in [0, 0.05) is 30.4 Å². The van der Waals surface area contributed by atoms with E-state index in [9.17, 15) is 5.11 Å². The minimum atomic E-state index is 0.113. The molecule has 2 rings (SSSR count). The number of benzene rings is 1. The van der Waals surface area contributed by atoms with Crippen molar-refractivity contribution in [1.82, 2.24) is 0 Å². The molecule has 1 aromatic rings. The molecule has 0 bridgehead atoms. The molecule has 0 spiro atoms. The fraction of sp³-hybridized carbons (Fsp3) is 0.364. The molecule has 0 amide bonds. The topological polar surface area (TPSA) is 65.3 Å². The summed E-state index contributed by atoms with van der Waals surface area (Å²) in [6.45, 7) is 3.07. The summed E-state index contributed by atoms with van der Waals surface area (Å²) in [4.78, 5) is 2.14. The number of anilines is 1. The van der Waals surface area contributed by atoms with Gasteiger partial charge in [-0.3, -0.25) is 0 Å². The summed E-state index contributed by atoms with van der Waals surface area (Å²) in [6.07, 6.45) is 1.21. The minimum absolute atomic E-state index is 0.113. The number of oxime groups is 1. The van der Waals surface area contributed by atoms with E-state index in [0.29, 0.717) is 18.8 Å². The highest BCUT2D eigenvalue weighted by atomic mass is 16.5. The average molecular weight is 222 g/mol. The van der Waals surface area contributed by atoms with E-state index >= 15 is 0 Å². The summed E-state index contributed by atoms with van der Waals surface area (Å²) >= 11 is 0. The zero-order chi connectivity index (χ0) is 11.4. The van der Waals surface area contributed by atoms with Crippen LogP contribution in [-0.4, -0.2) is 42.8 Å². The highest BCUT2D eigenvalue weighted by molar-refractivity contribution is 5.84. The first-order valence-electron chi connectivity index (χ1n) is 5.14. The zero-order valence-electron chi connectivity index (χ0n) is 8.83. The molecule has 1 fully saturated rings. The van der Waals surface area contributed by atoms with Crippen LogP contribution in [0, 0.1) is 0 Å². The third kappa shape index (κ3) is 2.25. The predicted molar refractivity (Wildman–Crippen MR) is 60.5 cm³/mol. The lowest BCUT2D eigenvalue weighted by Gasteiger charge is -2.29. The van der Waals surface area contributed by atoms with Gasteiger partial charge < -0.3 is 20.0 Å². The third-order valence-electron chi connectivity index (χ3n) is 2.59. The number of ether oxygens (including phenoxy) is 1. The fourth-order valence-electron chi connectivity index (χ4n) is 1.72. The third-order valence-corrected chi connectivity index (χ3v) is 2.59. The maximum absolute atomic E-state index is 9.69. The maximum Gasteiger partial charge on any atom is 0.126 e. The molecule has 1 aromatic carbocycles. The first kappa shape index (κ1) is 10.8. The summed E-state index contributed by atoms with van der Waals surface area (Å²) in [5.74, 6) is 0.113. The number of morpholine rings is 1. The monoisotopic (exact) mass is 222 g/mol. The first-order chi connectivity index (χ1) is 7.81. The number of phenols is 1. The quantitative estimate of drug-likeness (QED) is 0.446. The van der Waals surface area contributed by atoms with Crippen molar-refractivity contribution in [3.05, 3.63) is 23.8 Å². The molecule has 0 atom stereocenters. The van der Waals surface area contributed by atoms with E-state index in [0.717, 1.165) is 18.8 Å². The Labute approximate surface area is 93.6 Å². The molecule has 2 N–H and O–H groups in total. The molecule has 0 unspecified atom stereocenters. The molecule has 16 heavy (non-hydrogen) atoms. The van der Waals surface area contributed by atoms with Gasteiger partial charge in [-0.05, 0) is 12.1 Å². The second kappa shape index (κ2) is 4.85. The number of hydrogen-bond acceptors (Lipinski definition) is 5. The van der Waals surface area contributed by atoms with Crippen molar-refractivity contribution in [2.75, 3.05) is 31.2 Å². The molecule has 5 nitrogen and oxygen atoms in total. The fourth-order valence-corrected chi connectivity index (χ4v) is 1.72. The van der Waals surface area contributed by atoms with Gasteiger partial charge >= 0.3 is 0 Å². The van der Waals surface area contributed by atoms with Crippen LogP contribution in [0.15, 0.2) is 23.4 Å². The number of phenolic OH excluding ortho intramolecular Hbond substituents is 1. The zero-order valence-corrected chi connectivity index (χ0v) is 8.83. The van der Waals surface area contributed by atoms with E-state index in [1.165, 1.54) is 6.21 Å². The van der Waals surface area contributed by atoms with Gasteiger partial charge in [-0.25, -0.2) is 0 Å². The van der Waals surface area contributed by atoms with Gasteiger partial charge in [0.05, 0.1) is 19.4 Å². The number of nitrogens with zero attached hydrogens (tertiary/aromatic N) is 2. The molecule has 1 aliphatic heterocycles. The van der Waals surface area contributed by atoms with Crippen LogP contribution in [0.2, 0.25) is 0 Å². The van der Waals surface area contributed by atoms with Crippen LogP contribution in [-0.2, 0) is 4.74 Å². The van der Waals surface area contributed by atoms with Gasteiger partial charge in [-0.15, -0.1) is 0 Å². The average Bonchev–Trinajstić information content (AvgIpc) is 2.33. The number of aromatic hydroxyl groups is 1. The Balaban J connectivity index is 2.19. The van der Waals surface area contributed by atoms with E-state index in [1.807, 2.05) is 6.07 Å². The van der Waals surface area contributed by atoms with Gasteiger partial charge in [0.1, 0.15) is 5.75 Å². The summed E-state index contributed by atoms with van der Waals surface area (Å²) in [5, 5.41) is 21.0. The second-order valence-electron chi connectivity index (χ2n) is 3.59. The molecule has 0 radical (unpaired) electrons. The summed E-state index contributed by atoms with van der Waals surface area (Å²) in [7, 11) is 0. The Morgan fingerprint density at radius 2 is 2.06 bits per heavy atom. The van der Waals surface area contributed by atoms with E-state index in [-0.39, 0.29) is 5.75 Å². The van der Waals surface area contributed by atoms with Crippen molar-refractivity contribution in [3.63, 3.8) is 0 Å². The van der Waals surface area contributed by atoms with Crippen molar-refractivity contribution < 1.29 is 15.1 Å². The van der Waals surface area contributed by atoms with E-state index in [4.69, 9.17) is 9.94 Å². The normalized spacial score (nSPS) is 16.9. The molecular formula is C11H14N2O3. The first-order valence-corrected chi connectivity index (χ1v) is 5.14. The molecule has 86 valence electrons. The molecular weight excluding hydrogens is 208 g/mol. The van der Waals surface area contributed by atoms with Crippen molar-refractivity contribution in [2.45, 2.75) is 0 Å². The highest BCUT2D eigenvalue weighted by Crippen LogP contribution is 2.24. The SMILES string of the molecule is O/N=C/c1ccc(N2CCOCC2)cc1O. The van der Waals surface area contributed by atoms with Crippen LogP contribution in [0.25, 0.3) is 0 Å². The largest absolute Gasteiger partial charge is 0.507 e. The lowest BCUT2D eigenvalue weighted by Crippen LogP contribution is -2.36. The molecule has 0 saturated carbocycles. The lowest BCUT2D eigenvalue weighted by molar-refractivity contribution is 0.122. The Kier molecular flexibility index (Phi) is 3.26. The highest BCUT2D eigenvalue weighted by Gasteiger charge is 2.12. The molecule has 5 heteroatoms. The van der Waals surface area contributed by atoms with E-state index < -0.39 is 0 Å². The van der Waals surface area contributed by atoms with Crippen molar-refractivity contribution >= 4 is 11.9 Å². The Hall–Kier alpha value is -1.75. The maximum atomic E-state index is 9.69. The van der Waals surface area contributed by atoms with Gasteiger partial charge in [0.2, 0.25) is 0 Å². The van der Waals surface area contributed by atoms with E-state index in [1.54, 1.807) is 12.1 Å². The Bertz CT molecular complexity index is 387. The number of rotatable bonds is 2. The van der Waals surface area contributed by atoms with Gasteiger partial charge in [-0.2, -0.15) is 0 Å². The van der Waals surface area contributed by atoms with Gasteiger partial charge in [0.15, 0.2) is 0 Å². The molecule has 0 aliphatic carbocycles. The van der Waals surface area contributed by atoms with Crippen molar-refractivity contribution in [2.24, 2.45) is 5.16 Å². The van der Waals surface area contributed by atoms with Crippen LogP contribution >= 0.6 is 0 Å². The predicted octanol–water partition coefficient (Wildman–Crippen LogP) is 1.04. The second-order valence-corrected chi connectivity index (χ2v) is 3.59. The Morgan fingerprint density at radius 3 is 2.69 bits per heavy atom. The molecule has 1 saturated heterocycles. The summed E-state index contributed by atoms with van der Waals surface area (Å²) in [6, 6.07) is 5.28. The van der Waals surface area contributed by atoms with Crippen LogP contribution in [0.1, 0.15) is 5.56 Å². The van der Waals surface area contributed by atoms with E-state index in [2.05, 4.69) is 10.1 Å². The number of hydrogen-bond donors (Lipinski definition) is 2. The van der Waals surface area contributed by atoms with Gasteiger partial charge in [0.25, 0.3) is 0 Å². The summed E-state index contributed by atoms with van der Waals surface area (Å²) < 4.78 is 5.26. The molecule has 1 aliphatic rings. The van der Waals surface area contributed by atoms with Crippen LogP contribution in [0.5, 0.6) is 5.75 Å². The van der Waals surface area contributed by atoms with Crippen LogP contribution in [0.3, 0.4) is 0 Å². The lowest BCUT2D eigenvalue weighted by atomic mass is 10.2. The molecule has 1 heterocycles. The van der Waals surface area contributed by atoms with Crippen molar-refractivity contribution in [1.29, 1.82) is 0 Å².